The van der Waals surface area contributed by atoms with Crippen molar-refractivity contribution in [2.75, 3.05) is 13.2 Å². The first kappa shape index (κ1) is 28.5. The quantitative estimate of drug-likeness (QED) is 0.324. The average Bonchev–Trinajstić information content (AvgIpc) is 2.72. The van der Waals surface area contributed by atoms with Gasteiger partial charge in [0.15, 0.2) is 0 Å². The lowest BCUT2D eigenvalue weighted by Gasteiger charge is -2.30. The Morgan fingerprint density at radius 3 is 2.38 bits per heavy atom. The maximum absolute atomic E-state index is 13.2. The lowest BCUT2D eigenvalue weighted by molar-refractivity contribution is -0.143. The van der Waals surface area contributed by atoms with Crippen molar-refractivity contribution in [1.29, 1.82) is 0 Å². The summed E-state index contributed by atoms with van der Waals surface area (Å²) in [6.07, 6.45) is 4.87. The number of terminal acetylenes is 1. The Morgan fingerprint density at radius 1 is 1.18 bits per heavy atom. The summed E-state index contributed by atoms with van der Waals surface area (Å²) in [4.78, 5) is 51.2. The summed E-state index contributed by atoms with van der Waals surface area (Å²) in [6.45, 7) is 12.1. The van der Waals surface area contributed by atoms with E-state index in [1.54, 1.807) is 40.7 Å². The molecule has 34 heavy (non-hydrogen) atoms. The van der Waals surface area contributed by atoms with Crippen molar-refractivity contribution in [1.82, 2.24) is 15.5 Å². The van der Waals surface area contributed by atoms with E-state index in [-0.39, 0.29) is 19.6 Å². The SMILES string of the molecule is C#CN(C(=O)C(C)NC(=O)OC(C)(C)C)C(C(=O)NCCC(=O)OCC)c1cc(C)ccc1C. The van der Waals surface area contributed by atoms with Crippen LogP contribution in [0.4, 0.5) is 4.79 Å². The number of benzene rings is 1. The number of esters is 1. The van der Waals surface area contributed by atoms with Crippen LogP contribution < -0.4 is 10.6 Å². The number of nitrogens with zero attached hydrogens (tertiary/aromatic N) is 1. The van der Waals surface area contributed by atoms with Crippen LogP contribution in [0.2, 0.25) is 0 Å². The second-order valence-corrected chi connectivity index (χ2v) is 8.81. The Balaban J connectivity index is 3.20. The molecule has 2 unspecified atom stereocenters. The molecule has 0 aliphatic carbocycles. The molecular weight excluding hydrogens is 438 g/mol. The highest BCUT2D eigenvalue weighted by atomic mass is 16.6. The maximum atomic E-state index is 13.2. The molecule has 186 valence electrons. The van der Waals surface area contributed by atoms with Gasteiger partial charge in [-0.25, -0.2) is 4.79 Å². The Bertz CT molecular complexity index is 945. The summed E-state index contributed by atoms with van der Waals surface area (Å²) in [6, 6.07) is 5.52. The fourth-order valence-electron chi connectivity index (χ4n) is 3.09. The van der Waals surface area contributed by atoms with Crippen LogP contribution in [0.5, 0.6) is 0 Å². The Hall–Kier alpha value is -3.54. The minimum absolute atomic E-state index is 0.0113. The van der Waals surface area contributed by atoms with Gasteiger partial charge in [0.1, 0.15) is 17.7 Å². The van der Waals surface area contributed by atoms with E-state index >= 15 is 0 Å². The van der Waals surface area contributed by atoms with E-state index in [2.05, 4.69) is 16.7 Å². The molecule has 1 rings (SSSR count). The molecule has 0 aromatic heterocycles. The molecule has 2 N–H and O–H groups in total. The highest BCUT2D eigenvalue weighted by Crippen LogP contribution is 2.26. The third-order valence-corrected chi connectivity index (χ3v) is 4.65. The molecule has 0 aliphatic heterocycles. The number of nitrogens with one attached hydrogen (secondary N) is 2. The fraction of sp³-hybridized carbons (Fsp3) is 0.520. The zero-order chi connectivity index (χ0) is 26.1. The molecule has 0 saturated carbocycles. The molecule has 2 atom stereocenters. The highest BCUT2D eigenvalue weighted by molar-refractivity contribution is 5.93. The van der Waals surface area contributed by atoms with Crippen LogP contribution >= 0.6 is 0 Å². The minimum Gasteiger partial charge on any atom is -0.466 e. The van der Waals surface area contributed by atoms with Gasteiger partial charge in [-0.15, -0.1) is 0 Å². The first-order valence-corrected chi connectivity index (χ1v) is 11.1. The Morgan fingerprint density at radius 2 is 1.82 bits per heavy atom. The number of carbonyl (C=O) groups is 4. The molecule has 0 bridgehead atoms. The van der Waals surface area contributed by atoms with E-state index in [0.29, 0.717) is 5.56 Å². The zero-order valence-electron chi connectivity index (χ0n) is 21.0. The monoisotopic (exact) mass is 473 g/mol. The molecule has 0 radical (unpaired) electrons. The van der Waals surface area contributed by atoms with Gasteiger partial charge in [0, 0.05) is 12.6 Å². The third-order valence-electron chi connectivity index (χ3n) is 4.65. The second-order valence-electron chi connectivity index (χ2n) is 8.81. The number of aryl methyl sites for hydroxylation is 2. The molecule has 9 heteroatoms. The molecule has 0 aliphatic rings. The second kappa shape index (κ2) is 12.6. The van der Waals surface area contributed by atoms with Gasteiger partial charge in [-0.2, -0.15) is 0 Å². The van der Waals surface area contributed by atoms with Gasteiger partial charge >= 0.3 is 12.1 Å². The van der Waals surface area contributed by atoms with E-state index in [1.165, 1.54) is 6.92 Å². The third kappa shape index (κ3) is 8.77. The Kier molecular flexibility index (Phi) is 10.6. The average molecular weight is 474 g/mol. The van der Waals surface area contributed by atoms with Crippen LogP contribution in [0.1, 0.15) is 63.8 Å². The van der Waals surface area contributed by atoms with Crippen molar-refractivity contribution in [2.45, 2.75) is 72.6 Å². The molecule has 0 saturated heterocycles. The number of hydrogen-bond donors (Lipinski definition) is 2. The number of ether oxygens (including phenoxy) is 2. The Labute approximate surface area is 201 Å². The molecule has 0 heterocycles. The van der Waals surface area contributed by atoms with Gasteiger partial charge < -0.3 is 20.1 Å². The van der Waals surface area contributed by atoms with Crippen LogP contribution in [-0.2, 0) is 23.9 Å². The van der Waals surface area contributed by atoms with Gasteiger partial charge in [0.05, 0.1) is 13.0 Å². The summed E-state index contributed by atoms with van der Waals surface area (Å²) in [5.41, 5.74) is 1.40. The van der Waals surface area contributed by atoms with Crippen molar-refractivity contribution in [3.05, 3.63) is 34.9 Å². The summed E-state index contributed by atoms with van der Waals surface area (Å²) in [5.74, 6) is -1.68. The van der Waals surface area contributed by atoms with Gasteiger partial charge in [-0.1, -0.05) is 30.2 Å². The van der Waals surface area contributed by atoms with Crippen LogP contribution in [0.15, 0.2) is 18.2 Å². The largest absolute Gasteiger partial charge is 0.466 e. The summed E-state index contributed by atoms with van der Waals surface area (Å²) < 4.78 is 10.1. The van der Waals surface area contributed by atoms with Crippen LogP contribution in [-0.4, -0.2) is 53.6 Å². The van der Waals surface area contributed by atoms with E-state index in [9.17, 15) is 19.2 Å². The van der Waals surface area contributed by atoms with E-state index in [0.717, 1.165) is 16.0 Å². The van der Waals surface area contributed by atoms with Gasteiger partial charge in [0.2, 0.25) is 5.91 Å². The predicted octanol–water partition coefficient (Wildman–Crippen LogP) is 2.75. The number of rotatable bonds is 9. The smallest absolute Gasteiger partial charge is 0.408 e. The van der Waals surface area contributed by atoms with Crippen molar-refractivity contribution in [3.8, 4) is 12.5 Å². The van der Waals surface area contributed by atoms with Crippen molar-refractivity contribution in [3.63, 3.8) is 0 Å². The molecule has 0 fully saturated rings. The first-order valence-electron chi connectivity index (χ1n) is 11.1. The fourth-order valence-corrected chi connectivity index (χ4v) is 3.09. The van der Waals surface area contributed by atoms with Crippen molar-refractivity contribution in [2.24, 2.45) is 0 Å². The number of hydrogen-bond acceptors (Lipinski definition) is 6. The minimum atomic E-state index is -1.18. The topological polar surface area (TPSA) is 114 Å². The standard InChI is InChI=1S/C25H35N3O6/c1-9-28(23(31)18(5)27-24(32)34-25(6,7)8)21(19-15-16(3)11-12-17(19)4)22(30)26-14-13-20(29)33-10-2/h1,11-12,15,18,21H,10,13-14H2,2-8H3,(H,26,30)(H,27,32). The highest BCUT2D eigenvalue weighted by Gasteiger charge is 2.35. The molecule has 1 aromatic carbocycles. The number of carbonyl (C=O) groups excluding carboxylic acids is 4. The van der Waals surface area contributed by atoms with Gasteiger partial charge in [-0.3, -0.25) is 19.3 Å². The normalized spacial score (nSPS) is 12.5. The molecule has 9 nitrogen and oxygen atoms in total. The van der Waals surface area contributed by atoms with Crippen LogP contribution in [0.25, 0.3) is 0 Å². The van der Waals surface area contributed by atoms with Crippen molar-refractivity contribution < 1.29 is 28.7 Å². The van der Waals surface area contributed by atoms with E-state index < -0.39 is 41.6 Å². The lowest BCUT2D eigenvalue weighted by Crippen LogP contribution is -2.50. The maximum Gasteiger partial charge on any atom is 0.408 e. The predicted molar refractivity (Wildman–Crippen MR) is 127 cm³/mol. The van der Waals surface area contributed by atoms with Crippen LogP contribution in [0, 0.1) is 26.3 Å². The number of alkyl carbamates (subject to hydrolysis) is 1. The molecule has 0 spiro atoms. The summed E-state index contributed by atoms with van der Waals surface area (Å²) in [5, 5.41) is 5.11. The molecule has 1 aromatic rings. The van der Waals surface area contributed by atoms with Crippen molar-refractivity contribution >= 4 is 23.9 Å². The van der Waals surface area contributed by atoms with Crippen LogP contribution in [0.3, 0.4) is 0 Å². The van der Waals surface area contributed by atoms with Gasteiger partial charge in [0.25, 0.3) is 5.91 Å². The summed E-state index contributed by atoms with van der Waals surface area (Å²) in [7, 11) is 0. The zero-order valence-corrected chi connectivity index (χ0v) is 21.0. The van der Waals surface area contributed by atoms with Gasteiger partial charge in [-0.05, 0) is 59.6 Å². The van der Waals surface area contributed by atoms with E-state index in [4.69, 9.17) is 15.9 Å². The van der Waals surface area contributed by atoms with E-state index in [1.807, 2.05) is 19.1 Å². The summed E-state index contributed by atoms with van der Waals surface area (Å²) >= 11 is 0. The molecular formula is C25H35N3O6. The molecule has 3 amide bonds. The lowest BCUT2D eigenvalue weighted by atomic mass is 9.96. The number of amides is 3. The first-order chi connectivity index (χ1) is 15.8.